The second kappa shape index (κ2) is 9.76. The fourth-order valence-corrected chi connectivity index (χ4v) is 2.89. The molecule has 1 saturated heterocycles. The van der Waals surface area contributed by atoms with E-state index >= 15 is 0 Å². The van der Waals surface area contributed by atoms with Crippen molar-refractivity contribution in [2.45, 2.75) is 20.0 Å². The van der Waals surface area contributed by atoms with Crippen LogP contribution >= 0.6 is 24.0 Å². The van der Waals surface area contributed by atoms with Crippen LogP contribution in [0.1, 0.15) is 16.8 Å². The fraction of sp³-hybridized carbons (Fsp3) is 0.444. The molecule has 3 rings (SSSR count). The highest BCUT2D eigenvalue weighted by Gasteiger charge is 2.20. The fourth-order valence-electron chi connectivity index (χ4n) is 2.89. The summed E-state index contributed by atoms with van der Waals surface area (Å²) in [6.07, 6.45) is 1.63. The van der Waals surface area contributed by atoms with Crippen molar-refractivity contribution >= 4 is 29.9 Å². The van der Waals surface area contributed by atoms with Gasteiger partial charge in [-0.1, -0.05) is 35.0 Å². The summed E-state index contributed by atoms with van der Waals surface area (Å²) in [5, 5.41) is 7.45. The quantitative estimate of drug-likeness (QED) is 0.436. The third-order valence-electron chi connectivity index (χ3n) is 4.33. The molecule has 1 N–H and O–H groups in total. The van der Waals surface area contributed by atoms with E-state index in [2.05, 4.69) is 56.5 Å². The molecule has 7 heteroatoms. The minimum absolute atomic E-state index is 0. The molecule has 1 aliphatic heterocycles. The van der Waals surface area contributed by atoms with Crippen molar-refractivity contribution in [1.29, 1.82) is 0 Å². The van der Waals surface area contributed by atoms with Crippen LogP contribution in [-0.2, 0) is 13.1 Å². The summed E-state index contributed by atoms with van der Waals surface area (Å²) in [5.41, 5.74) is 3.54. The number of guanidine groups is 1. The van der Waals surface area contributed by atoms with Crippen LogP contribution in [-0.4, -0.2) is 54.1 Å². The average Bonchev–Trinajstić information content (AvgIpc) is 3.11. The predicted molar refractivity (Wildman–Crippen MR) is 110 cm³/mol. The van der Waals surface area contributed by atoms with Gasteiger partial charge in [-0.05, 0) is 12.5 Å². The highest BCUT2D eigenvalue weighted by molar-refractivity contribution is 14.0. The van der Waals surface area contributed by atoms with E-state index in [1.165, 1.54) is 11.1 Å². The molecular formula is C18H26IN5O. The molecule has 1 fully saturated rings. The number of aromatic nitrogens is 1. The molecule has 0 aliphatic carbocycles. The van der Waals surface area contributed by atoms with E-state index in [4.69, 9.17) is 4.52 Å². The first-order chi connectivity index (χ1) is 11.7. The molecule has 0 unspecified atom stereocenters. The number of halogens is 1. The normalized spacial score (nSPS) is 15.8. The van der Waals surface area contributed by atoms with Gasteiger partial charge in [0.25, 0.3) is 0 Å². The second-order valence-corrected chi connectivity index (χ2v) is 6.14. The van der Waals surface area contributed by atoms with E-state index in [-0.39, 0.29) is 24.0 Å². The van der Waals surface area contributed by atoms with Gasteiger partial charge in [0, 0.05) is 52.4 Å². The van der Waals surface area contributed by atoms with Gasteiger partial charge < -0.3 is 14.7 Å². The molecule has 0 spiro atoms. The largest absolute Gasteiger partial charge is 0.364 e. The van der Waals surface area contributed by atoms with E-state index < -0.39 is 0 Å². The van der Waals surface area contributed by atoms with E-state index in [9.17, 15) is 0 Å². The minimum Gasteiger partial charge on any atom is -0.364 e. The summed E-state index contributed by atoms with van der Waals surface area (Å²) in [6.45, 7) is 7.67. The Morgan fingerprint density at radius 2 is 1.88 bits per heavy atom. The topological polar surface area (TPSA) is 56.9 Å². The SMILES string of the molecule is CN=C(NCc1ccc(C)cc1)N1CCN(Cc2ccon2)CC1.I. The van der Waals surface area contributed by atoms with Crippen LogP contribution in [0.25, 0.3) is 0 Å². The summed E-state index contributed by atoms with van der Waals surface area (Å²) in [4.78, 5) is 9.13. The minimum atomic E-state index is 0. The van der Waals surface area contributed by atoms with Gasteiger partial charge in [-0.15, -0.1) is 24.0 Å². The Morgan fingerprint density at radius 3 is 2.48 bits per heavy atom. The zero-order valence-electron chi connectivity index (χ0n) is 14.8. The van der Waals surface area contributed by atoms with Crippen molar-refractivity contribution < 1.29 is 4.52 Å². The number of hydrogen-bond donors (Lipinski definition) is 1. The highest BCUT2D eigenvalue weighted by atomic mass is 127. The molecule has 136 valence electrons. The Labute approximate surface area is 166 Å². The van der Waals surface area contributed by atoms with Gasteiger partial charge in [0.2, 0.25) is 0 Å². The molecule has 1 aromatic heterocycles. The van der Waals surface area contributed by atoms with Crippen molar-refractivity contribution in [2.75, 3.05) is 33.2 Å². The first-order valence-corrected chi connectivity index (χ1v) is 8.37. The molecule has 0 radical (unpaired) electrons. The number of aliphatic imine (C=N–C) groups is 1. The molecule has 0 saturated carbocycles. The third-order valence-corrected chi connectivity index (χ3v) is 4.33. The Balaban J connectivity index is 0.00000225. The van der Waals surface area contributed by atoms with Crippen LogP contribution in [0.2, 0.25) is 0 Å². The van der Waals surface area contributed by atoms with Crippen molar-refractivity contribution in [3.8, 4) is 0 Å². The van der Waals surface area contributed by atoms with Crippen LogP contribution in [0.5, 0.6) is 0 Å². The number of benzene rings is 1. The highest BCUT2D eigenvalue weighted by Crippen LogP contribution is 2.08. The maximum atomic E-state index is 4.90. The summed E-state index contributed by atoms with van der Waals surface area (Å²) >= 11 is 0. The van der Waals surface area contributed by atoms with Crippen LogP contribution in [0.15, 0.2) is 46.1 Å². The average molecular weight is 455 g/mol. The number of nitrogens with one attached hydrogen (secondary N) is 1. The van der Waals surface area contributed by atoms with E-state index in [1.54, 1.807) is 6.26 Å². The standard InChI is InChI=1S/C18H25N5O.HI/c1-15-3-5-16(6-4-15)13-20-18(19-2)23-10-8-22(9-11-23)14-17-7-12-24-21-17;/h3-7,12H,8-11,13-14H2,1-2H3,(H,19,20);1H. The first-order valence-electron chi connectivity index (χ1n) is 8.37. The third kappa shape index (κ3) is 5.71. The van der Waals surface area contributed by atoms with Crippen LogP contribution < -0.4 is 5.32 Å². The Bertz CT molecular complexity index is 649. The maximum Gasteiger partial charge on any atom is 0.194 e. The maximum absolute atomic E-state index is 4.90. The lowest BCUT2D eigenvalue weighted by Crippen LogP contribution is -2.52. The number of aryl methyl sites for hydroxylation is 1. The molecule has 1 aromatic carbocycles. The smallest absolute Gasteiger partial charge is 0.194 e. The Hall–Kier alpha value is -1.61. The van der Waals surface area contributed by atoms with Crippen molar-refractivity contribution in [2.24, 2.45) is 4.99 Å². The van der Waals surface area contributed by atoms with Crippen LogP contribution in [0.4, 0.5) is 0 Å². The monoisotopic (exact) mass is 455 g/mol. The summed E-state index contributed by atoms with van der Waals surface area (Å²) in [5.74, 6) is 0.969. The molecule has 0 atom stereocenters. The molecule has 6 nitrogen and oxygen atoms in total. The van der Waals surface area contributed by atoms with E-state index in [1.807, 2.05) is 13.1 Å². The molecule has 1 aliphatic rings. The number of hydrogen-bond acceptors (Lipinski definition) is 4. The van der Waals surface area contributed by atoms with Gasteiger partial charge in [-0.3, -0.25) is 9.89 Å². The molecule has 2 heterocycles. The van der Waals surface area contributed by atoms with Gasteiger partial charge in [0.15, 0.2) is 5.96 Å². The van der Waals surface area contributed by atoms with Crippen LogP contribution in [0, 0.1) is 6.92 Å². The van der Waals surface area contributed by atoms with Crippen molar-refractivity contribution in [3.05, 3.63) is 53.4 Å². The number of rotatable bonds is 4. The summed E-state index contributed by atoms with van der Waals surface area (Å²) in [7, 11) is 1.85. The van der Waals surface area contributed by atoms with Crippen LogP contribution in [0.3, 0.4) is 0 Å². The molecule has 0 bridgehead atoms. The lowest BCUT2D eigenvalue weighted by molar-refractivity contribution is 0.169. The molecule has 2 aromatic rings. The molecule has 0 amide bonds. The van der Waals surface area contributed by atoms with E-state index in [0.717, 1.165) is 50.9 Å². The van der Waals surface area contributed by atoms with Gasteiger partial charge in [-0.25, -0.2) is 0 Å². The zero-order valence-corrected chi connectivity index (χ0v) is 17.1. The van der Waals surface area contributed by atoms with Crippen molar-refractivity contribution in [1.82, 2.24) is 20.3 Å². The predicted octanol–water partition coefficient (Wildman–Crippen LogP) is 2.49. The van der Waals surface area contributed by atoms with Gasteiger partial charge in [0.1, 0.15) is 6.26 Å². The lowest BCUT2D eigenvalue weighted by Gasteiger charge is -2.36. The first kappa shape index (κ1) is 19.7. The Morgan fingerprint density at radius 1 is 1.16 bits per heavy atom. The number of piperazine rings is 1. The lowest BCUT2D eigenvalue weighted by atomic mass is 10.1. The summed E-state index contributed by atoms with van der Waals surface area (Å²) < 4.78 is 4.90. The summed E-state index contributed by atoms with van der Waals surface area (Å²) in [6, 6.07) is 10.5. The Kier molecular flexibility index (Phi) is 7.70. The van der Waals surface area contributed by atoms with Gasteiger partial charge in [-0.2, -0.15) is 0 Å². The number of nitrogens with zero attached hydrogens (tertiary/aromatic N) is 4. The van der Waals surface area contributed by atoms with Gasteiger partial charge >= 0.3 is 0 Å². The van der Waals surface area contributed by atoms with Gasteiger partial charge in [0.05, 0.1) is 5.69 Å². The van der Waals surface area contributed by atoms with Crippen molar-refractivity contribution in [3.63, 3.8) is 0 Å². The molecular weight excluding hydrogens is 429 g/mol. The molecule has 25 heavy (non-hydrogen) atoms. The second-order valence-electron chi connectivity index (χ2n) is 6.14. The van der Waals surface area contributed by atoms with E-state index in [0.29, 0.717) is 0 Å². The zero-order chi connectivity index (χ0) is 16.8.